The average Bonchev–Trinajstić information content (AvgIpc) is 2.36. The third-order valence-electron chi connectivity index (χ3n) is 2.94. The van der Waals surface area contributed by atoms with Gasteiger partial charge in [-0.15, -0.1) is 0 Å². The van der Waals surface area contributed by atoms with E-state index in [-0.39, 0.29) is 11.9 Å². The Morgan fingerprint density at radius 1 is 1.53 bits per heavy atom. The summed E-state index contributed by atoms with van der Waals surface area (Å²) in [6.45, 7) is 3.43. The maximum atomic E-state index is 13.0. The minimum absolute atomic E-state index is 0.285. The molecule has 2 unspecified atom stereocenters. The lowest BCUT2D eigenvalue weighted by Crippen LogP contribution is -2.42. The number of ether oxygens (including phenoxy) is 2. The fourth-order valence-corrected chi connectivity index (χ4v) is 2.05. The fourth-order valence-electron chi connectivity index (χ4n) is 2.05. The number of esters is 1. The predicted octanol–water partition coefficient (Wildman–Crippen LogP) is 1.83. The topological polar surface area (TPSA) is 55.8 Å². The van der Waals surface area contributed by atoms with Gasteiger partial charge in [-0.2, -0.15) is 0 Å². The van der Waals surface area contributed by atoms with Gasteiger partial charge in [-0.1, -0.05) is 0 Å². The summed E-state index contributed by atoms with van der Waals surface area (Å²) in [6, 6.07) is 4.21. The van der Waals surface area contributed by atoms with Crippen molar-refractivity contribution in [1.29, 1.82) is 0 Å². The third kappa shape index (κ3) is 3.23. The molecule has 0 bridgehead atoms. The third-order valence-corrected chi connectivity index (χ3v) is 2.94. The molecule has 0 fully saturated rings. The Labute approximate surface area is 111 Å². The van der Waals surface area contributed by atoms with Crippen molar-refractivity contribution >= 4 is 5.97 Å². The molecule has 0 radical (unpaired) electrons. The van der Waals surface area contributed by atoms with Gasteiger partial charge in [0.25, 0.3) is 0 Å². The first-order valence-electron chi connectivity index (χ1n) is 6.31. The van der Waals surface area contributed by atoms with E-state index in [1.165, 1.54) is 18.2 Å². The summed E-state index contributed by atoms with van der Waals surface area (Å²) in [6.07, 6.45) is -1.24. The number of hydrogen-bond acceptors (Lipinski definition) is 4. The highest BCUT2D eigenvalue weighted by Gasteiger charge is 2.32. The van der Waals surface area contributed by atoms with E-state index >= 15 is 0 Å². The van der Waals surface area contributed by atoms with Crippen molar-refractivity contribution in [2.24, 2.45) is 0 Å². The quantitative estimate of drug-likeness (QED) is 0.850. The van der Waals surface area contributed by atoms with Crippen LogP contribution in [0.3, 0.4) is 0 Å². The Bertz CT molecular complexity index is 473. The molecule has 0 saturated carbocycles. The lowest BCUT2D eigenvalue weighted by Gasteiger charge is -2.28. The summed E-state index contributed by atoms with van der Waals surface area (Å²) in [5.74, 6) is -0.500. The molecule has 1 aliphatic rings. The van der Waals surface area contributed by atoms with Crippen molar-refractivity contribution in [3.63, 3.8) is 0 Å². The molecule has 5 heteroatoms. The van der Waals surface area contributed by atoms with Gasteiger partial charge in [0.1, 0.15) is 17.7 Å². The van der Waals surface area contributed by atoms with E-state index in [9.17, 15) is 14.3 Å². The zero-order valence-electron chi connectivity index (χ0n) is 10.9. The number of fused-ring (bicyclic) bond motifs is 1. The van der Waals surface area contributed by atoms with Gasteiger partial charge in [-0.25, -0.2) is 9.18 Å². The minimum atomic E-state index is -1.32. The van der Waals surface area contributed by atoms with Crippen LogP contribution in [-0.2, 0) is 16.0 Å². The lowest BCUT2D eigenvalue weighted by atomic mass is 9.99. The number of benzene rings is 1. The van der Waals surface area contributed by atoms with Gasteiger partial charge in [-0.05, 0) is 50.5 Å². The Hall–Kier alpha value is -1.62. The van der Waals surface area contributed by atoms with E-state index in [0.717, 1.165) is 5.56 Å². The zero-order chi connectivity index (χ0) is 14.0. The van der Waals surface area contributed by atoms with Crippen LogP contribution in [-0.4, -0.2) is 29.4 Å². The van der Waals surface area contributed by atoms with E-state index < -0.39 is 18.2 Å². The second kappa shape index (κ2) is 5.57. The maximum Gasteiger partial charge on any atom is 0.339 e. The van der Waals surface area contributed by atoms with Crippen LogP contribution in [0.5, 0.6) is 5.75 Å². The summed E-state index contributed by atoms with van der Waals surface area (Å²) in [5.41, 5.74) is 0.751. The molecule has 0 amide bonds. The number of carbonyl (C=O) groups is 1. The van der Waals surface area contributed by atoms with Gasteiger partial charge in [0.15, 0.2) is 6.10 Å². The predicted molar refractivity (Wildman–Crippen MR) is 66.4 cm³/mol. The number of aliphatic hydroxyl groups is 1. The molecule has 4 nitrogen and oxygen atoms in total. The molecule has 1 N–H and O–H groups in total. The highest BCUT2D eigenvalue weighted by molar-refractivity contribution is 5.75. The van der Waals surface area contributed by atoms with E-state index in [1.807, 2.05) is 0 Å². The van der Waals surface area contributed by atoms with Crippen LogP contribution in [0.2, 0.25) is 0 Å². The number of aryl methyl sites for hydroxylation is 1. The van der Waals surface area contributed by atoms with Crippen LogP contribution in [0.1, 0.15) is 25.8 Å². The highest BCUT2D eigenvalue weighted by Crippen LogP contribution is 2.29. The molecular weight excluding hydrogens is 251 g/mol. The Morgan fingerprint density at radius 3 is 2.95 bits per heavy atom. The number of carbonyl (C=O) groups excluding carboxylic acids is 1. The van der Waals surface area contributed by atoms with Gasteiger partial charge in [0, 0.05) is 0 Å². The first-order chi connectivity index (χ1) is 8.97. The summed E-state index contributed by atoms with van der Waals surface area (Å²) in [7, 11) is 0. The van der Waals surface area contributed by atoms with Gasteiger partial charge >= 0.3 is 5.97 Å². The minimum Gasteiger partial charge on any atom is -0.487 e. The molecule has 2 atom stereocenters. The molecule has 1 aliphatic heterocycles. The molecule has 1 aromatic carbocycles. The fraction of sp³-hybridized carbons (Fsp3) is 0.500. The molecule has 104 valence electrons. The normalized spacial score (nSPS) is 19.5. The van der Waals surface area contributed by atoms with Crippen LogP contribution in [0, 0.1) is 5.82 Å². The average molecular weight is 268 g/mol. The van der Waals surface area contributed by atoms with Crippen molar-refractivity contribution in [2.45, 2.75) is 45.0 Å². The SMILES string of the molecule is CC(C)OC(=O)C(O)C1CCc2cc(F)ccc2O1. The molecule has 2 rings (SSSR count). The van der Waals surface area contributed by atoms with Crippen molar-refractivity contribution in [3.8, 4) is 5.75 Å². The Morgan fingerprint density at radius 2 is 2.26 bits per heavy atom. The number of halogens is 1. The van der Waals surface area contributed by atoms with Gasteiger partial charge in [0.05, 0.1) is 6.10 Å². The molecule has 0 aliphatic carbocycles. The summed E-state index contributed by atoms with van der Waals surface area (Å²) >= 11 is 0. The number of aliphatic hydroxyl groups excluding tert-OH is 1. The van der Waals surface area contributed by atoms with E-state index in [0.29, 0.717) is 18.6 Å². The van der Waals surface area contributed by atoms with Crippen molar-refractivity contribution in [3.05, 3.63) is 29.6 Å². The molecule has 0 aromatic heterocycles. The van der Waals surface area contributed by atoms with Gasteiger partial charge in [-0.3, -0.25) is 0 Å². The van der Waals surface area contributed by atoms with Crippen molar-refractivity contribution in [2.75, 3.05) is 0 Å². The smallest absolute Gasteiger partial charge is 0.339 e. The molecule has 1 aromatic rings. The molecule has 0 spiro atoms. The second-order valence-electron chi connectivity index (χ2n) is 4.88. The van der Waals surface area contributed by atoms with Crippen LogP contribution < -0.4 is 4.74 Å². The molecule has 0 saturated heterocycles. The zero-order valence-corrected chi connectivity index (χ0v) is 10.9. The van der Waals surface area contributed by atoms with Crippen LogP contribution in [0.25, 0.3) is 0 Å². The Balaban J connectivity index is 2.05. The number of rotatable bonds is 3. The van der Waals surface area contributed by atoms with Crippen molar-refractivity contribution in [1.82, 2.24) is 0 Å². The van der Waals surface area contributed by atoms with Crippen molar-refractivity contribution < 1.29 is 23.8 Å². The van der Waals surface area contributed by atoms with Crippen LogP contribution >= 0.6 is 0 Å². The highest BCUT2D eigenvalue weighted by atomic mass is 19.1. The molecular formula is C14H17FO4. The van der Waals surface area contributed by atoms with Crippen LogP contribution in [0.15, 0.2) is 18.2 Å². The van der Waals surface area contributed by atoms with E-state index in [2.05, 4.69) is 0 Å². The number of hydrogen-bond donors (Lipinski definition) is 1. The summed E-state index contributed by atoms with van der Waals surface area (Å²) in [4.78, 5) is 11.6. The lowest BCUT2D eigenvalue weighted by molar-refractivity contribution is -0.163. The van der Waals surface area contributed by atoms with Crippen LogP contribution in [0.4, 0.5) is 4.39 Å². The van der Waals surface area contributed by atoms with Gasteiger partial charge < -0.3 is 14.6 Å². The summed E-state index contributed by atoms with van der Waals surface area (Å²) < 4.78 is 23.5. The monoisotopic (exact) mass is 268 g/mol. The van der Waals surface area contributed by atoms with E-state index in [1.54, 1.807) is 13.8 Å². The second-order valence-corrected chi connectivity index (χ2v) is 4.88. The Kier molecular flexibility index (Phi) is 4.04. The molecule has 1 heterocycles. The van der Waals surface area contributed by atoms with Gasteiger partial charge in [0.2, 0.25) is 0 Å². The molecule has 19 heavy (non-hydrogen) atoms. The maximum absolute atomic E-state index is 13.0. The first-order valence-corrected chi connectivity index (χ1v) is 6.31. The first kappa shape index (κ1) is 13.8. The largest absolute Gasteiger partial charge is 0.487 e. The summed E-state index contributed by atoms with van der Waals surface area (Å²) in [5, 5.41) is 9.90. The van der Waals surface area contributed by atoms with E-state index in [4.69, 9.17) is 9.47 Å². The standard InChI is InChI=1S/C14H17FO4/c1-8(2)18-14(17)13(16)12-5-3-9-7-10(15)4-6-11(9)19-12/h4,6-8,12-13,16H,3,5H2,1-2H3.